The molecule has 0 radical (unpaired) electrons. The number of nitrogens with zero attached hydrogens (tertiary/aromatic N) is 1. The Balaban J connectivity index is 3.06. The highest BCUT2D eigenvalue weighted by Crippen LogP contribution is 1.92. The molecular weight excluding hydrogens is 121 g/mol. The lowest BCUT2D eigenvalue weighted by atomic mass is 10.3. The van der Waals surface area contributed by atoms with Crippen molar-refractivity contribution in [1.29, 1.82) is 0 Å². The first-order valence-electron chi connectivity index (χ1n) is 3.05. The molecule has 0 amide bonds. The number of rotatable bonds is 4. The van der Waals surface area contributed by atoms with Crippen LogP contribution in [0.1, 0.15) is 6.42 Å². The third kappa shape index (κ3) is 5.73. The van der Waals surface area contributed by atoms with Gasteiger partial charge in [-0.05, 0) is 20.5 Å². The number of hydrogen-bond donors (Lipinski definition) is 1. The van der Waals surface area contributed by atoms with Gasteiger partial charge in [-0.1, -0.05) is 0 Å². The molecule has 0 saturated carbocycles. The van der Waals surface area contributed by atoms with Crippen LogP contribution in [0.2, 0.25) is 0 Å². The van der Waals surface area contributed by atoms with Crippen molar-refractivity contribution in [2.75, 3.05) is 27.3 Å². The molecule has 0 aromatic carbocycles. The Hall–Kier alpha value is -0.150. The van der Waals surface area contributed by atoms with E-state index >= 15 is 0 Å². The predicted molar refractivity (Wildman–Crippen MR) is 35.2 cm³/mol. The Kier molecular flexibility index (Phi) is 4.62. The van der Waals surface area contributed by atoms with Gasteiger partial charge in [0.05, 0.1) is 6.10 Å². The first kappa shape index (κ1) is 8.85. The van der Waals surface area contributed by atoms with Crippen LogP contribution in [0.25, 0.3) is 0 Å². The third-order valence-electron chi connectivity index (χ3n) is 1.09. The van der Waals surface area contributed by atoms with Gasteiger partial charge < -0.3 is 10.0 Å². The SMILES string of the molecule is CN(C)CCC(O)CF. The summed E-state index contributed by atoms with van der Waals surface area (Å²) < 4.78 is 11.6. The summed E-state index contributed by atoms with van der Waals surface area (Å²) in [5.74, 6) is 0. The van der Waals surface area contributed by atoms with E-state index in [1.807, 2.05) is 19.0 Å². The van der Waals surface area contributed by atoms with Gasteiger partial charge in [-0.2, -0.15) is 0 Å². The molecule has 0 aliphatic heterocycles. The van der Waals surface area contributed by atoms with Crippen LogP contribution in [-0.4, -0.2) is 43.4 Å². The lowest BCUT2D eigenvalue weighted by Crippen LogP contribution is -2.20. The van der Waals surface area contributed by atoms with Crippen molar-refractivity contribution in [2.24, 2.45) is 0 Å². The maximum Gasteiger partial charge on any atom is 0.115 e. The summed E-state index contributed by atoms with van der Waals surface area (Å²) in [5, 5.41) is 8.71. The van der Waals surface area contributed by atoms with Gasteiger partial charge in [0.2, 0.25) is 0 Å². The van der Waals surface area contributed by atoms with Crippen molar-refractivity contribution >= 4 is 0 Å². The highest BCUT2D eigenvalue weighted by molar-refractivity contribution is 4.54. The largest absolute Gasteiger partial charge is 0.390 e. The maximum atomic E-state index is 11.6. The van der Waals surface area contributed by atoms with E-state index < -0.39 is 12.8 Å². The lowest BCUT2D eigenvalue weighted by molar-refractivity contribution is 0.121. The fraction of sp³-hybridized carbons (Fsp3) is 1.00. The third-order valence-corrected chi connectivity index (χ3v) is 1.09. The molecule has 56 valence electrons. The molecular formula is C6H14FNO. The molecule has 0 saturated heterocycles. The second-order valence-corrected chi connectivity index (χ2v) is 2.40. The van der Waals surface area contributed by atoms with Crippen LogP contribution in [0.5, 0.6) is 0 Å². The number of halogens is 1. The normalized spacial score (nSPS) is 14.3. The van der Waals surface area contributed by atoms with E-state index in [2.05, 4.69) is 0 Å². The summed E-state index contributed by atoms with van der Waals surface area (Å²) in [6.07, 6.45) is -0.254. The smallest absolute Gasteiger partial charge is 0.115 e. The fourth-order valence-electron chi connectivity index (χ4n) is 0.484. The zero-order valence-corrected chi connectivity index (χ0v) is 5.97. The summed E-state index contributed by atoms with van der Waals surface area (Å²) in [7, 11) is 3.79. The van der Waals surface area contributed by atoms with Crippen LogP contribution in [0.4, 0.5) is 4.39 Å². The van der Waals surface area contributed by atoms with Gasteiger partial charge in [-0.3, -0.25) is 0 Å². The second kappa shape index (κ2) is 4.70. The Bertz CT molecular complexity index is 68.1. The molecule has 0 rings (SSSR count). The molecule has 2 nitrogen and oxygen atoms in total. The van der Waals surface area contributed by atoms with Gasteiger partial charge in [0.25, 0.3) is 0 Å². The fourth-order valence-corrected chi connectivity index (χ4v) is 0.484. The first-order chi connectivity index (χ1) is 4.16. The number of hydrogen-bond acceptors (Lipinski definition) is 2. The maximum absolute atomic E-state index is 11.6. The molecule has 0 bridgehead atoms. The molecule has 1 atom stereocenters. The van der Waals surface area contributed by atoms with Gasteiger partial charge in [0.15, 0.2) is 0 Å². The molecule has 0 heterocycles. The van der Waals surface area contributed by atoms with E-state index in [9.17, 15) is 4.39 Å². The van der Waals surface area contributed by atoms with E-state index in [1.54, 1.807) is 0 Å². The lowest BCUT2D eigenvalue weighted by Gasteiger charge is -2.10. The minimum absolute atomic E-state index is 0.517. The van der Waals surface area contributed by atoms with Crippen LogP contribution in [-0.2, 0) is 0 Å². The Morgan fingerprint density at radius 3 is 2.44 bits per heavy atom. The van der Waals surface area contributed by atoms with Crippen molar-refractivity contribution in [3.05, 3.63) is 0 Å². The summed E-state index contributed by atoms with van der Waals surface area (Å²) in [6.45, 7) is 0.110. The topological polar surface area (TPSA) is 23.5 Å². The summed E-state index contributed by atoms with van der Waals surface area (Å²) in [4.78, 5) is 1.92. The van der Waals surface area contributed by atoms with E-state index in [-0.39, 0.29) is 0 Å². The molecule has 0 aromatic heterocycles. The summed E-state index contributed by atoms with van der Waals surface area (Å²) in [6, 6.07) is 0. The van der Waals surface area contributed by atoms with Crippen molar-refractivity contribution in [3.63, 3.8) is 0 Å². The van der Waals surface area contributed by atoms with Crippen LogP contribution >= 0.6 is 0 Å². The molecule has 1 unspecified atom stereocenters. The van der Waals surface area contributed by atoms with Crippen LogP contribution in [0.15, 0.2) is 0 Å². The zero-order chi connectivity index (χ0) is 7.28. The molecule has 9 heavy (non-hydrogen) atoms. The summed E-state index contributed by atoms with van der Waals surface area (Å²) in [5.41, 5.74) is 0. The Morgan fingerprint density at radius 2 is 2.11 bits per heavy atom. The molecule has 3 heteroatoms. The highest BCUT2D eigenvalue weighted by atomic mass is 19.1. The van der Waals surface area contributed by atoms with Crippen LogP contribution < -0.4 is 0 Å². The summed E-state index contributed by atoms with van der Waals surface area (Å²) >= 11 is 0. The number of aliphatic hydroxyl groups excluding tert-OH is 1. The average Bonchev–Trinajstić information content (AvgIpc) is 1.83. The highest BCUT2D eigenvalue weighted by Gasteiger charge is 2.01. The van der Waals surface area contributed by atoms with Gasteiger partial charge in [-0.15, -0.1) is 0 Å². The van der Waals surface area contributed by atoms with E-state index in [1.165, 1.54) is 0 Å². The Labute approximate surface area is 55.3 Å². The molecule has 0 spiro atoms. The van der Waals surface area contributed by atoms with E-state index in [0.717, 1.165) is 6.54 Å². The zero-order valence-electron chi connectivity index (χ0n) is 5.97. The second-order valence-electron chi connectivity index (χ2n) is 2.40. The van der Waals surface area contributed by atoms with Crippen LogP contribution in [0.3, 0.4) is 0 Å². The number of aliphatic hydroxyl groups is 1. The monoisotopic (exact) mass is 135 g/mol. The van der Waals surface area contributed by atoms with Gasteiger partial charge in [0, 0.05) is 6.54 Å². The Morgan fingerprint density at radius 1 is 1.56 bits per heavy atom. The van der Waals surface area contributed by atoms with E-state index in [4.69, 9.17) is 5.11 Å². The van der Waals surface area contributed by atoms with Gasteiger partial charge in [0.1, 0.15) is 6.67 Å². The van der Waals surface area contributed by atoms with Crippen molar-refractivity contribution < 1.29 is 9.50 Å². The first-order valence-corrected chi connectivity index (χ1v) is 3.05. The van der Waals surface area contributed by atoms with Gasteiger partial charge in [-0.25, -0.2) is 4.39 Å². The van der Waals surface area contributed by atoms with Crippen molar-refractivity contribution in [2.45, 2.75) is 12.5 Å². The minimum Gasteiger partial charge on any atom is -0.390 e. The quantitative estimate of drug-likeness (QED) is 0.598. The van der Waals surface area contributed by atoms with Crippen LogP contribution in [0, 0.1) is 0 Å². The van der Waals surface area contributed by atoms with Crippen molar-refractivity contribution in [1.82, 2.24) is 4.90 Å². The molecule has 0 aliphatic rings. The minimum atomic E-state index is -0.771. The molecule has 1 N–H and O–H groups in total. The predicted octanol–water partition coefficient (Wildman–Crippen LogP) is 0.268. The average molecular weight is 135 g/mol. The number of alkyl halides is 1. The van der Waals surface area contributed by atoms with Crippen molar-refractivity contribution in [3.8, 4) is 0 Å². The molecule has 0 aliphatic carbocycles. The molecule has 0 aromatic rings. The van der Waals surface area contributed by atoms with Gasteiger partial charge >= 0.3 is 0 Å². The van der Waals surface area contributed by atoms with E-state index in [0.29, 0.717) is 6.42 Å². The standard InChI is InChI=1S/C6H14FNO/c1-8(2)4-3-6(9)5-7/h6,9H,3-5H2,1-2H3. The molecule has 0 fully saturated rings.